The van der Waals surface area contributed by atoms with Crippen molar-refractivity contribution >= 4 is 35.8 Å². The Labute approximate surface area is 350 Å². The Balaban J connectivity index is 1.51. The minimum absolute atomic E-state index is 0.138. The Morgan fingerprint density at radius 1 is 0.918 bits per heavy atom. The molecule has 5 heterocycles. The van der Waals surface area contributed by atoms with Gasteiger partial charge in [-0.1, -0.05) is 48.5 Å². The summed E-state index contributed by atoms with van der Waals surface area (Å²) in [7, 11) is 0. The molecule has 0 amide bonds. The van der Waals surface area contributed by atoms with E-state index < -0.39 is 153 Å². The lowest BCUT2D eigenvalue weighted by Gasteiger charge is -2.79. The lowest BCUT2D eigenvalue weighted by Crippen LogP contribution is -2.99. The summed E-state index contributed by atoms with van der Waals surface area (Å²) in [5, 5.41) is 26.2. The molecule has 8 fully saturated rings. The molecule has 9 rings (SSSR count). The van der Waals surface area contributed by atoms with Crippen LogP contribution in [0.1, 0.15) is 100 Å². The molecule has 0 radical (unpaired) electrons. The molecule has 18 heteroatoms. The number of cyclic esters (lactones) is 1. The lowest BCUT2D eigenvalue weighted by atomic mass is 9.31. The van der Waals surface area contributed by atoms with Crippen LogP contribution in [0.3, 0.4) is 0 Å². The molecular weight excluding hydrogens is 804 g/mol. The van der Waals surface area contributed by atoms with Gasteiger partial charge in [-0.05, 0) is 18.4 Å². The van der Waals surface area contributed by atoms with Crippen molar-refractivity contribution in [2.75, 3.05) is 6.61 Å². The molecular formula is C43H52O18. The molecule has 8 aliphatic rings. The van der Waals surface area contributed by atoms with Gasteiger partial charge < -0.3 is 57.3 Å². The van der Waals surface area contributed by atoms with E-state index in [0.717, 1.165) is 13.8 Å². The van der Waals surface area contributed by atoms with Crippen LogP contribution >= 0.6 is 0 Å². The van der Waals surface area contributed by atoms with E-state index in [4.69, 9.17) is 47.0 Å². The van der Waals surface area contributed by atoms with Gasteiger partial charge in [0.05, 0.1) is 40.8 Å². The van der Waals surface area contributed by atoms with Crippen LogP contribution in [0.2, 0.25) is 0 Å². The maximum absolute atomic E-state index is 15.1. The van der Waals surface area contributed by atoms with Crippen molar-refractivity contribution in [2.24, 2.45) is 39.9 Å². The number of rotatable bonds is 9. The number of esters is 6. The largest absolute Gasteiger partial charge is 0.512 e. The maximum atomic E-state index is 15.1. The predicted molar refractivity (Wildman–Crippen MR) is 199 cm³/mol. The fourth-order valence-corrected chi connectivity index (χ4v) is 13.8. The van der Waals surface area contributed by atoms with Crippen LogP contribution in [0, 0.1) is 39.9 Å². The van der Waals surface area contributed by atoms with Crippen molar-refractivity contribution in [1.29, 1.82) is 0 Å². The van der Waals surface area contributed by atoms with Gasteiger partial charge in [-0.2, -0.15) is 0 Å². The second-order valence-corrected chi connectivity index (χ2v) is 19.3. The monoisotopic (exact) mass is 856 g/mol. The van der Waals surface area contributed by atoms with E-state index in [1.54, 1.807) is 41.5 Å². The first-order valence-electron chi connectivity index (χ1n) is 20.8. The first-order chi connectivity index (χ1) is 28.4. The number of carbonyl (C=O) groups is 6. The molecule has 4 bridgehead atoms. The highest BCUT2D eigenvalue weighted by atomic mass is 16.9. The summed E-state index contributed by atoms with van der Waals surface area (Å²) >= 11 is 0. The molecule has 0 aromatic carbocycles. The summed E-state index contributed by atoms with van der Waals surface area (Å²) in [5.41, 5.74) is -14.8. The molecule has 4 spiro atoms. The third-order valence-electron chi connectivity index (χ3n) is 15.4. The Morgan fingerprint density at radius 3 is 2.15 bits per heavy atom. The third kappa shape index (κ3) is 4.47. The summed E-state index contributed by atoms with van der Waals surface area (Å²) < 4.78 is 65.4. The van der Waals surface area contributed by atoms with Crippen LogP contribution in [0.25, 0.3) is 0 Å². The number of ether oxygens (including phenoxy) is 9. The highest BCUT2D eigenvalue weighted by Gasteiger charge is 3.08. The van der Waals surface area contributed by atoms with Gasteiger partial charge in [0, 0.05) is 50.5 Å². The minimum Gasteiger partial charge on any atom is -0.512 e. The Morgan fingerprint density at radius 2 is 1.57 bits per heavy atom. The van der Waals surface area contributed by atoms with E-state index in [0.29, 0.717) is 0 Å². The zero-order valence-electron chi connectivity index (χ0n) is 35.7. The van der Waals surface area contributed by atoms with Gasteiger partial charge in [0.15, 0.2) is 35.1 Å². The average molecular weight is 857 g/mol. The summed E-state index contributed by atoms with van der Waals surface area (Å²) in [5.74, 6) is -12.1. The van der Waals surface area contributed by atoms with Crippen LogP contribution in [-0.2, 0) is 71.4 Å². The average Bonchev–Trinajstić information content (AvgIpc) is 3.88. The third-order valence-corrected chi connectivity index (χ3v) is 15.4. The number of aliphatic hydroxyl groups excluding tert-OH is 1. The Kier molecular flexibility index (Phi) is 8.61. The molecule has 4 aliphatic carbocycles. The van der Waals surface area contributed by atoms with Gasteiger partial charge >= 0.3 is 35.8 Å². The number of furan rings is 1. The number of carbonyl (C=O) groups excluding carboxylic acids is 6. The molecule has 1 aromatic rings. The fourth-order valence-electron chi connectivity index (χ4n) is 13.8. The van der Waals surface area contributed by atoms with Gasteiger partial charge in [0.1, 0.15) is 30.2 Å². The van der Waals surface area contributed by atoms with E-state index >= 15 is 4.79 Å². The van der Waals surface area contributed by atoms with Gasteiger partial charge in [0.25, 0.3) is 5.97 Å². The second kappa shape index (κ2) is 12.6. The quantitative estimate of drug-likeness (QED) is 0.157. The Bertz CT molecular complexity index is 2180. The fraction of sp³-hybridized carbons (Fsp3) is 0.721. The number of aliphatic hydroxyl groups is 2. The van der Waals surface area contributed by atoms with Crippen molar-refractivity contribution < 1.29 is 86.0 Å². The smallest absolute Gasteiger partial charge is 0.338 e. The molecule has 1 aromatic heterocycles. The molecule has 2 N–H and O–H groups in total. The van der Waals surface area contributed by atoms with Crippen LogP contribution in [-0.4, -0.2) is 105 Å². The number of allylic oxidation sites excluding steroid dienone is 1. The summed E-state index contributed by atoms with van der Waals surface area (Å²) in [6, 6.07) is 1.49. The van der Waals surface area contributed by atoms with Crippen LogP contribution in [0.15, 0.2) is 34.3 Å². The first-order valence-corrected chi connectivity index (χ1v) is 20.8. The minimum atomic E-state index is -2.55. The number of fused-ring (bicyclic) bond motifs is 4. The second-order valence-electron chi connectivity index (χ2n) is 19.3. The molecule has 61 heavy (non-hydrogen) atoms. The number of hydrogen-bond donors (Lipinski definition) is 2. The van der Waals surface area contributed by atoms with Crippen molar-refractivity contribution in [3.63, 3.8) is 0 Å². The standard InChI is InChI=1S/C43H52O18/c1-11-23(46)26-27-37(9,28(54-20(6)44)22-12-13-52-15-22)29(56-31(48)18(2)3)30(57-32(49)19(4)5)43-39-17-53-25(47)14-24(39)36(8)16-40(39)41(51,34(36)55-21(7)45)35(58-33(26)50)42(27,43)60-38(10,59-40)61-43/h12-13,15,18-19,24,27-30,34-35,46,51H,11,14,16-17H2,1-10H3/b26-23-/t24-,27+,28-,29-,30+,34-,35+,36-,37+,38?,39+,40+,41-,42+,43-/m0/s1. The van der Waals surface area contributed by atoms with Crippen molar-refractivity contribution in [3.05, 3.63) is 35.5 Å². The molecule has 4 saturated carbocycles. The normalized spacial score (nSPS) is 46.9. The molecule has 4 saturated heterocycles. The van der Waals surface area contributed by atoms with Crippen molar-refractivity contribution in [3.8, 4) is 0 Å². The number of hydrogen-bond acceptors (Lipinski definition) is 18. The molecule has 332 valence electrons. The molecule has 15 atom stereocenters. The van der Waals surface area contributed by atoms with Crippen LogP contribution in [0.5, 0.6) is 0 Å². The van der Waals surface area contributed by atoms with E-state index in [1.807, 2.05) is 0 Å². The summed E-state index contributed by atoms with van der Waals surface area (Å²) in [6.45, 7) is 14.4. The van der Waals surface area contributed by atoms with E-state index in [2.05, 4.69) is 0 Å². The summed E-state index contributed by atoms with van der Waals surface area (Å²) in [4.78, 5) is 84.2. The van der Waals surface area contributed by atoms with Crippen molar-refractivity contribution in [2.45, 2.75) is 147 Å². The van der Waals surface area contributed by atoms with Gasteiger partial charge in [-0.25, -0.2) is 4.79 Å². The van der Waals surface area contributed by atoms with Crippen molar-refractivity contribution in [1.82, 2.24) is 0 Å². The van der Waals surface area contributed by atoms with Crippen LogP contribution in [0.4, 0.5) is 0 Å². The SMILES string of the molecule is CC/C(O)=C1/C(=O)O[C@@H]2[C@@]3(O)[C@@H](OC(C)=O)[C@@]4(C)C[C@]35OC3(C)O[C@]26[C@H]1[C@](C)([C@@H](OC(C)=O)c1ccoc1)[C@@H](OC(=O)C(C)C)[C@@H](OC(=O)C(C)C)[C@]6(O3)[C@@]51COC(=O)C[C@@H]41. The first kappa shape index (κ1) is 41.8. The van der Waals surface area contributed by atoms with Crippen LogP contribution < -0.4 is 0 Å². The van der Waals surface area contributed by atoms with Gasteiger partial charge in [-0.15, -0.1) is 0 Å². The highest BCUT2D eigenvalue weighted by molar-refractivity contribution is 5.93. The van der Waals surface area contributed by atoms with E-state index in [1.165, 1.54) is 32.4 Å². The zero-order chi connectivity index (χ0) is 44.4. The molecule has 4 aliphatic heterocycles. The van der Waals surface area contributed by atoms with E-state index in [9.17, 15) is 34.2 Å². The van der Waals surface area contributed by atoms with Gasteiger partial charge in [0.2, 0.25) is 0 Å². The maximum Gasteiger partial charge on any atom is 0.338 e. The zero-order valence-corrected chi connectivity index (χ0v) is 35.7. The Hall–Kier alpha value is -4.52. The topological polar surface area (TPSA) is 239 Å². The lowest BCUT2D eigenvalue weighted by molar-refractivity contribution is -0.499. The van der Waals surface area contributed by atoms with Gasteiger partial charge in [-0.3, -0.25) is 24.0 Å². The predicted octanol–water partition coefficient (Wildman–Crippen LogP) is 3.42. The summed E-state index contributed by atoms with van der Waals surface area (Å²) in [6.07, 6.45) is -6.73. The van der Waals surface area contributed by atoms with E-state index in [-0.39, 0.29) is 24.8 Å². The highest BCUT2D eigenvalue weighted by Crippen LogP contribution is 2.91. The molecule has 1 unspecified atom stereocenters. The molecule has 18 nitrogen and oxygen atoms in total.